The lowest BCUT2D eigenvalue weighted by Gasteiger charge is -2.21. The number of guanidine groups is 1. The van der Waals surface area contributed by atoms with Gasteiger partial charge in [0, 0.05) is 18.3 Å². The molecule has 0 fully saturated rings. The summed E-state index contributed by atoms with van der Waals surface area (Å²) in [5.41, 5.74) is 0.647. The number of nitrogens with zero attached hydrogens (tertiary/aromatic N) is 3. The number of para-hydroxylation sites is 1. The van der Waals surface area contributed by atoms with E-state index < -0.39 is 0 Å². The van der Waals surface area contributed by atoms with E-state index in [9.17, 15) is 10.0 Å². The van der Waals surface area contributed by atoms with Gasteiger partial charge < -0.3 is 10.5 Å². The number of halogens is 4. The van der Waals surface area contributed by atoms with Crippen molar-refractivity contribution < 1.29 is 10.0 Å². The topological polar surface area (TPSA) is 79.1 Å². The molecule has 26 heavy (non-hydrogen) atoms. The number of benzene rings is 1. The van der Waals surface area contributed by atoms with Crippen LogP contribution in [0.3, 0.4) is 0 Å². The van der Waals surface area contributed by atoms with Crippen molar-refractivity contribution in [1.82, 2.24) is 9.79 Å². The molecule has 0 aliphatic carbocycles. The zero-order valence-electron chi connectivity index (χ0n) is 13.3. The van der Waals surface area contributed by atoms with Crippen LogP contribution in [0.5, 0.6) is 0 Å². The number of hydrogen-bond acceptors (Lipinski definition) is 6. The van der Waals surface area contributed by atoms with Gasteiger partial charge in [0.2, 0.25) is 5.96 Å². The first-order valence-corrected chi connectivity index (χ1v) is 7.87. The van der Waals surface area contributed by atoms with E-state index in [0.717, 1.165) is 4.73 Å². The first-order valence-electron chi connectivity index (χ1n) is 7.11. The Morgan fingerprint density at radius 2 is 1.92 bits per heavy atom. The van der Waals surface area contributed by atoms with Crippen molar-refractivity contribution in [2.75, 3.05) is 18.4 Å². The number of hydrogen-bond donors (Lipinski definition) is 2. The third-order valence-electron chi connectivity index (χ3n) is 3.35. The molecule has 11 heteroatoms. The van der Waals surface area contributed by atoms with Crippen LogP contribution in [0.15, 0.2) is 46.3 Å². The predicted octanol–water partition coefficient (Wildman–Crippen LogP) is 3.45. The van der Waals surface area contributed by atoms with Crippen LogP contribution in [-0.4, -0.2) is 34.0 Å². The molecule has 0 radical (unpaired) electrons. The molecule has 0 atom stereocenters. The summed E-state index contributed by atoms with van der Waals surface area (Å²) in [4.78, 5) is 21.3. The highest BCUT2D eigenvalue weighted by atomic mass is 35.5. The Labute approximate surface area is 171 Å². The SMILES string of the molecule is Cl.Cl.O=c1ccn(O)c(CON2CCN=C2Nc2c(Cl)cccc2Cl)c1. The molecule has 0 amide bonds. The lowest BCUT2D eigenvalue weighted by atomic mass is 10.3. The zero-order chi connectivity index (χ0) is 17.1. The van der Waals surface area contributed by atoms with Crippen LogP contribution in [0.4, 0.5) is 5.69 Å². The fourth-order valence-electron chi connectivity index (χ4n) is 2.16. The molecule has 142 valence electrons. The Hall–Kier alpha value is -1.64. The summed E-state index contributed by atoms with van der Waals surface area (Å²) in [5.74, 6) is 0.452. The van der Waals surface area contributed by atoms with E-state index in [1.165, 1.54) is 23.4 Å². The fraction of sp³-hybridized carbons (Fsp3) is 0.200. The van der Waals surface area contributed by atoms with Gasteiger partial charge in [0.15, 0.2) is 5.43 Å². The molecule has 0 unspecified atom stereocenters. The molecule has 1 aromatic heterocycles. The third kappa shape index (κ3) is 5.18. The Balaban J connectivity index is 0.00000169. The van der Waals surface area contributed by atoms with Gasteiger partial charge in [0.25, 0.3) is 0 Å². The second-order valence-corrected chi connectivity index (χ2v) is 5.82. The molecule has 0 saturated heterocycles. The van der Waals surface area contributed by atoms with Crippen LogP contribution in [0, 0.1) is 0 Å². The van der Waals surface area contributed by atoms with Gasteiger partial charge in [-0.25, -0.2) is 10.1 Å². The smallest absolute Gasteiger partial charge is 0.223 e. The van der Waals surface area contributed by atoms with Crippen LogP contribution in [0.2, 0.25) is 10.0 Å². The van der Waals surface area contributed by atoms with E-state index in [2.05, 4.69) is 10.3 Å². The summed E-state index contributed by atoms with van der Waals surface area (Å²) in [7, 11) is 0. The van der Waals surface area contributed by atoms with Crippen molar-refractivity contribution in [2.24, 2.45) is 4.99 Å². The van der Waals surface area contributed by atoms with E-state index in [-0.39, 0.29) is 36.8 Å². The summed E-state index contributed by atoms with van der Waals surface area (Å²) in [6.45, 7) is 1.06. The van der Waals surface area contributed by atoms with Crippen molar-refractivity contribution >= 4 is 59.7 Å². The van der Waals surface area contributed by atoms with E-state index in [4.69, 9.17) is 28.0 Å². The number of aliphatic imine (C=N–C) groups is 1. The predicted molar refractivity (Wildman–Crippen MR) is 106 cm³/mol. The highest BCUT2D eigenvalue weighted by molar-refractivity contribution is 6.39. The highest BCUT2D eigenvalue weighted by Gasteiger charge is 2.20. The van der Waals surface area contributed by atoms with E-state index >= 15 is 0 Å². The van der Waals surface area contributed by atoms with E-state index in [1.54, 1.807) is 18.2 Å². The van der Waals surface area contributed by atoms with Crippen LogP contribution in [0.1, 0.15) is 5.69 Å². The van der Waals surface area contributed by atoms with Gasteiger partial charge in [-0.05, 0) is 12.1 Å². The lowest BCUT2D eigenvalue weighted by Crippen LogP contribution is -2.33. The second-order valence-electron chi connectivity index (χ2n) is 5.00. The number of pyridine rings is 1. The average Bonchev–Trinajstić information content (AvgIpc) is 2.99. The molecule has 0 spiro atoms. The number of aromatic nitrogens is 1. The first kappa shape index (κ1) is 22.4. The van der Waals surface area contributed by atoms with Crippen molar-refractivity contribution in [3.63, 3.8) is 0 Å². The zero-order valence-corrected chi connectivity index (χ0v) is 16.4. The fourth-order valence-corrected chi connectivity index (χ4v) is 2.65. The molecule has 1 aromatic carbocycles. The van der Waals surface area contributed by atoms with Crippen molar-refractivity contribution in [3.05, 3.63) is 62.5 Å². The van der Waals surface area contributed by atoms with Gasteiger partial charge in [-0.3, -0.25) is 9.63 Å². The number of nitrogens with one attached hydrogen (secondary N) is 1. The molecule has 1 aliphatic rings. The van der Waals surface area contributed by atoms with Crippen LogP contribution in [-0.2, 0) is 11.4 Å². The summed E-state index contributed by atoms with van der Waals surface area (Å²) >= 11 is 12.3. The maximum absolute atomic E-state index is 11.4. The molecule has 7 nitrogen and oxygen atoms in total. The normalized spacial score (nSPS) is 12.8. The average molecular weight is 442 g/mol. The lowest BCUT2D eigenvalue weighted by molar-refractivity contribution is -0.108. The van der Waals surface area contributed by atoms with Gasteiger partial charge in [-0.2, -0.15) is 4.73 Å². The van der Waals surface area contributed by atoms with E-state index in [1.807, 2.05) is 0 Å². The first-order chi connectivity index (χ1) is 11.5. The molecule has 2 heterocycles. The Bertz CT molecular complexity index is 824. The highest BCUT2D eigenvalue weighted by Crippen LogP contribution is 2.30. The van der Waals surface area contributed by atoms with Crippen molar-refractivity contribution in [2.45, 2.75) is 6.61 Å². The number of rotatable bonds is 4. The van der Waals surface area contributed by atoms with Crippen LogP contribution < -0.4 is 10.7 Å². The van der Waals surface area contributed by atoms with Gasteiger partial charge in [-0.1, -0.05) is 29.3 Å². The number of hydroxylamine groups is 2. The van der Waals surface area contributed by atoms with Crippen LogP contribution >= 0.6 is 48.0 Å². The Morgan fingerprint density at radius 3 is 2.62 bits per heavy atom. The maximum atomic E-state index is 11.4. The van der Waals surface area contributed by atoms with Crippen molar-refractivity contribution in [1.29, 1.82) is 0 Å². The number of anilines is 1. The molecular formula is C15H16Cl4N4O3. The maximum Gasteiger partial charge on any atom is 0.223 e. The van der Waals surface area contributed by atoms with Gasteiger partial charge in [0.1, 0.15) is 6.61 Å². The Kier molecular flexibility index (Phi) is 8.52. The van der Waals surface area contributed by atoms with Crippen molar-refractivity contribution in [3.8, 4) is 0 Å². The standard InChI is InChI=1S/C15H14Cl2N4O3.2ClH/c16-12-2-1-3-13(17)14(12)19-15-18-5-7-21(15)24-9-10-8-11(22)4-6-20(10)23;;/h1-4,6,8,23H,5,7,9H2,(H,18,19);2*1H. The molecular weight excluding hydrogens is 426 g/mol. The largest absolute Gasteiger partial charge is 0.429 e. The minimum absolute atomic E-state index is 0. The van der Waals surface area contributed by atoms with Crippen LogP contribution in [0.25, 0.3) is 0 Å². The Morgan fingerprint density at radius 1 is 1.23 bits per heavy atom. The molecule has 0 saturated carbocycles. The van der Waals surface area contributed by atoms with E-state index in [0.29, 0.717) is 40.5 Å². The monoisotopic (exact) mass is 440 g/mol. The second kappa shape index (κ2) is 9.89. The molecule has 3 rings (SSSR count). The molecule has 1 aliphatic heterocycles. The minimum Gasteiger partial charge on any atom is -0.429 e. The molecule has 0 bridgehead atoms. The summed E-state index contributed by atoms with van der Waals surface area (Å²) < 4.78 is 0.840. The quantitative estimate of drug-likeness (QED) is 0.710. The molecule has 2 aromatic rings. The summed E-state index contributed by atoms with van der Waals surface area (Å²) in [6, 6.07) is 7.73. The summed E-state index contributed by atoms with van der Waals surface area (Å²) in [6.07, 6.45) is 1.27. The van der Waals surface area contributed by atoms with Gasteiger partial charge >= 0.3 is 0 Å². The molecule has 2 N–H and O–H groups in total. The summed E-state index contributed by atoms with van der Waals surface area (Å²) in [5, 5.41) is 15.2. The van der Waals surface area contributed by atoms with Gasteiger partial charge in [-0.15, -0.1) is 24.8 Å². The third-order valence-corrected chi connectivity index (χ3v) is 3.98. The van der Waals surface area contributed by atoms with Gasteiger partial charge in [0.05, 0.1) is 34.5 Å². The minimum atomic E-state index is -0.213.